The number of amides is 1. The molecule has 3 nitrogen and oxygen atoms in total. The largest absolute Gasteiger partial charge is 0.344 e. The van der Waals surface area contributed by atoms with Gasteiger partial charge < -0.3 is 11.1 Å². The number of carbonyl (C=O) groups is 1. The Labute approximate surface area is 148 Å². The molecule has 3 heteroatoms. The van der Waals surface area contributed by atoms with E-state index < -0.39 is 6.04 Å². The van der Waals surface area contributed by atoms with Crippen LogP contribution in [-0.2, 0) is 11.2 Å². The zero-order chi connectivity index (χ0) is 17.5. The summed E-state index contributed by atoms with van der Waals surface area (Å²) in [6, 6.07) is 28.9. The summed E-state index contributed by atoms with van der Waals surface area (Å²) in [6.45, 7) is 0. The zero-order valence-corrected chi connectivity index (χ0v) is 14.0. The SMILES string of the molecule is N[C@H](Cc1ccccc1)C(=O)NC(c1ccccc1)c1ccccc1. The van der Waals surface area contributed by atoms with Crippen LogP contribution in [-0.4, -0.2) is 11.9 Å². The van der Waals surface area contributed by atoms with Crippen molar-refractivity contribution in [3.05, 3.63) is 108 Å². The molecule has 0 bridgehead atoms. The molecule has 0 saturated carbocycles. The summed E-state index contributed by atoms with van der Waals surface area (Å²) in [4.78, 5) is 12.7. The van der Waals surface area contributed by atoms with Gasteiger partial charge in [-0.25, -0.2) is 0 Å². The number of nitrogens with one attached hydrogen (secondary N) is 1. The van der Waals surface area contributed by atoms with E-state index in [0.717, 1.165) is 16.7 Å². The van der Waals surface area contributed by atoms with E-state index in [1.165, 1.54) is 0 Å². The third-order valence-corrected chi connectivity index (χ3v) is 4.19. The highest BCUT2D eigenvalue weighted by Crippen LogP contribution is 2.21. The van der Waals surface area contributed by atoms with Crippen molar-refractivity contribution < 1.29 is 4.79 Å². The molecule has 3 aromatic carbocycles. The maximum atomic E-state index is 12.7. The molecule has 0 spiro atoms. The highest BCUT2D eigenvalue weighted by Gasteiger charge is 2.20. The van der Waals surface area contributed by atoms with Crippen molar-refractivity contribution >= 4 is 5.91 Å². The summed E-state index contributed by atoms with van der Waals surface area (Å²) >= 11 is 0. The van der Waals surface area contributed by atoms with Gasteiger partial charge in [0.1, 0.15) is 0 Å². The lowest BCUT2D eigenvalue weighted by atomic mass is 9.98. The second-order valence-corrected chi connectivity index (χ2v) is 6.06. The van der Waals surface area contributed by atoms with Crippen LogP contribution in [0.5, 0.6) is 0 Å². The fraction of sp³-hybridized carbons (Fsp3) is 0.136. The van der Waals surface area contributed by atoms with Crippen LogP contribution in [0, 0.1) is 0 Å². The first-order valence-electron chi connectivity index (χ1n) is 8.44. The van der Waals surface area contributed by atoms with Gasteiger partial charge in [-0.3, -0.25) is 4.79 Å². The van der Waals surface area contributed by atoms with Crippen LogP contribution in [0.2, 0.25) is 0 Å². The van der Waals surface area contributed by atoms with Crippen LogP contribution in [0.4, 0.5) is 0 Å². The van der Waals surface area contributed by atoms with Crippen molar-refractivity contribution in [3.63, 3.8) is 0 Å². The first-order valence-corrected chi connectivity index (χ1v) is 8.44. The molecule has 1 amide bonds. The minimum absolute atomic E-state index is 0.151. The molecule has 0 fully saturated rings. The second kappa shape index (κ2) is 8.27. The Morgan fingerprint density at radius 3 is 1.68 bits per heavy atom. The Kier molecular flexibility index (Phi) is 5.60. The van der Waals surface area contributed by atoms with E-state index in [0.29, 0.717) is 6.42 Å². The number of carbonyl (C=O) groups excluding carboxylic acids is 1. The number of benzene rings is 3. The van der Waals surface area contributed by atoms with Gasteiger partial charge in [-0.15, -0.1) is 0 Å². The molecule has 3 rings (SSSR count). The fourth-order valence-electron chi connectivity index (χ4n) is 2.86. The molecule has 0 aliphatic heterocycles. The topological polar surface area (TPSA) is 55.1 Å². The molecule has 3 aromatic rings. The summed E-state index contributed by atoms with van der Waals surface area (Å²) in [5, 5.41) is 3.11. The Morgan fingerprint density at radius 1 is 0.760 bits per heavy atom. The maximum absolute atomic E-state index is 12.7. The highest BCUT2D eigenvalue weighted by atomic mass is 16.2. The van der Waals surface area contributed by atoms with E-state index >= 15 is 0 Å². The van der Waals surface area contributed by atoms with Crippen LogP contribution in [0.15, 0.2) is 91.0 Å². The van der Waals surface area contributed by atoms with E-state index in [4.69, 9.17) is 5.73 Å². The average Bonchev–Trinajstić information content (AvgIpc) is 2.68. The third kappa shape index (κ3) is 4.55. The molecule has 0 aromatic heterocycles. The van der Waals surface area contributed by atoms with Gasteiger partial charge in [0, 0.05) is 0 Å². The Hall–Kier alpha value is -2.91. The summed E-state index contributed by atoms with van der Waals surface area (Å²) in [5.74, 6) is -0.151. The summed E-state index contributed by atoms with van der Waals surface area (Å²) in [5.41, 5.74) is 9.27. The second-order valence-electron chi connectivity index (χ2n) is 6.06. The van der Waals surface area contributed by atoms with Gasteiger partial charge in [-0.05, 0) is 23.1 Å². The van der Waals surface area contributed by atoms with Gasteiger partial charge >= 0.3 is 0 Å². The molecule has 1 atom stereocenters. The van der Waals surface area contributed by atoms with Crippen molar-refractivity contribution in [1.82, 2.24) is 5.32 Å². The molecule has 0 aliphatic carbocycles. The van der Waals surface area contributed by atoms with E-state index in [9.17, 15) is 4.79 Å². The minimum atomic E-state index is -0.586. The lowest BCUT2D eigenvalue weighted by molar-refractivity contribution is -0.122. The van der Waals surface area contributed by atoms with Crippen molar-refractivity contribution in [2.45, 2.75) is 18.5 Å². The highest BCUT2D eigenvalue weighted by molar-refractivity contribution is 5.82. The smallest absolute Gasteiger partial charge is 0.238 e. The molecular weight excluding hydrogens is 308 g/mol. The van der Waals surface area contributed by atoms with E-state index in [1.54, 1.807) is 0 Å². The first kappa shape index (κ1) is 16.9. The van der Waals surface area contributed by atoms with Crippen molar-refractivity contribution in [2.75, 3.05) is 0 Å². The van der Waals surface area contributed by atoms with Crippen LogP contribution in [0.25, 0.3) is 0 Å². The van der Waals surface area contributed by atoms with E-state index in [2.05, 4.69) is 5.32 Å². The van der Waals surface area contributed by atoms with Crippen LogP contribution >= 0.6 is 0 Å². The fourth-order valence-corrected chi connectivity index (χ4v) is 2.86. The number of hydrogen-bond acceptors (Lipinski definition) is 2. The monoisotopic (exact) mass is 330 g/mol. The van der Waals surface area contributed by atoms with Gasteiger partial charge in [-0.1, -0.05) is 91.0 Å². The number of rotatable bonds is 6. The third-order valence-electron chi connectivity index (χ3n) is 4.19. The van der Waals surface area contributed by atoms with Gasteiger partial charge in [0.2, 0.25) is 5.91 Å². The summed E-state index contributed by atoms with van der Waals surface area (Å²) in [7, 11) is 0. The van der Waals surface area contributed by atoms with Crippen molar-refractivity contribution in [3.8, 4) is 0 Å². The Morgan fingerprint density at radius 2 is 1.20 bits per heavy atom. The molecule has 0 heterocycles. The predicted molar refractivity (Wildman–Crippen MR) is 101 cm³/mol. The quantitative estimate of drug-likeness (QED) is 0.727. The molecule has 0 unspecified atom stereocenters. The minimum Gasteiger partial charge on any atom is -0.344 e. The van der Waals surface area contributed by atoms with Gasteiger partial charge in [0.25, 0.3) is 0 Å². The molecule has 25 heavy (non-hydrogen) atoms. The van der Waals surface area contributed by atoms with Crippen LogP contribution < -0.4 is 11.1 Å². The standard InChI is InChI=1S/C22H22N2O/c23-20(16-17-10-4-1-5-11-17)22(25)24-21(18-12-6-2-7-13-18)19-14-8-3-9-15-19/h1-15,20-21H,16,23H2,(H,24,25)/t20-/m1/s1. The van der Waals surface area contributed by atoms with Crippen molar-refractivity contribution in [1.29, 1.82) is 0 Å². The van der Waals surface area contributed by atoms with Gasteiger partial charge in [0.15, 0.2) is 0 Å². The molecule has 0 aliphatic rings. The first-order chi connectivity index (χ1) is 12.2. The Balaban J connectivity index is 1.77. The van der Waals surface area contributed by atoms with Crippen molar-refractivity contribution in [2.24, 2.45) is 5.73 Å². The predicted octanol–water partition coefficient (Wildman–Crippen LogP) is 3.46. The average molecular weight is 330 g/mol. The maximum Gasteiger partial charge on any atom is 0.238 e. The van der Waals surface area contributed by atoms with Crippen LogP contribution in [0.1, 0.15) is 22.7 Å². The van der Waals surface area contributed by atoms with E-state index in [-0.39, 0.29) is 11.9 Å². The lowest BCUT2D eigenvalue weighted by Gasteiger charge is -2.22. The lowest BCUT2D eigenvalue weighted by Crippen LogP contribution is -2.43. The molecule has 126 valence electrons. The van der Waals surface area contributed by atoms with Gasteiger partial charge in [0.05, 0.1) is 12.1 Å². The zero-order valence-electron chi connectivity index (χ0n) is 14.0. The Bertz CT molecular complexity index is 749. The number of nitrogens with two attached hydrogens (primary N) is 1. The van der Waals surface area contributed by atoms with E-state index in [1.807, 2.05) is 91.0 Å². The molecule has 0 radical (unpaired) electrons. The summed E-state index contributed by atoms with van der Waals surface area (Å²) in [6.07, 6.45) is 0.517. The molecule has 3 N–H and O–H groups in total. The molecular formula is C22H22N2O. The van der Waals surface area contributed by atoms with Gasteiger partial charge in [-0.2, -0.15) is 0 Å². The van der Waals surface area contributed by atoms with Crippen LogP contribution in [0.3, 0.4) is 0 Å². The number of hydrogen-bond donors (Lipinski definition) is 2. The molecule has 0 saturated heterocycles. The normalized spacial score (nSPS) is 11.9. The summed E-state index contributed by atoms with van der Waals surface area (Å²) < 4.78 is 0.